The van der Waals surface area contributed by atoms with Crippen LogP contribution in [0, 0.1) is 15.9 Å². The van der Waals surface area contributed by atoms with Gasteiger partial charge in [0.25, 0.3) is 5.56 Å². The molecule has 0 spiro atoms. The third-order valence-electron chi connectivity index (χ3n) is 3.69. The first-order valence-electron chi connectivity index (χ1n) is 7.80. The zero-order valence-electron chi connectivity index (χ0n) is 13.8. The minimum absolute atomic E-state index is 0.0509. The monoisotopic (exact) mass is 368 g/mol. The summed E-state index contributed by atoms with van der Waals surface area (Å²) < 4.78 is 14.4. The molecule has 136 valence electrons. The maximum Gasteiger partial charge on any atom is 0.306 e. The van der Waals surface area contributed by atoms with Gasteiger partial charge in [0.05, 0.1) is 16.9 Å². The van der Waals surface area contributed by atoms with Gasteiger partial charge in [0.2, 0.25) is 11.7 Å². The Balaban J connectivity index is 1.74. The molecule has 8 nitrogen and oxygen atoms in total. The van der Waals surface area contributed by atoms with E-state index in [0.717, 1.165) is 22.3 Å². The number of nitrogens with zero attached hydrogens (tertiary/aromatic N) is 3. The number of aromatic nitrogens is 2. The molecule has 1 amide bonds. The molecule has 0 unspecified atom stereocenters. The van der Waals surface area contributed by atoms with Gasteiger partial charge >= 0.3 is 5.69 Å². The van der Waals surface area contributed by atoms with Crippen LogP contribution in [0.5, 0.6) is 0 Å². The lowest BCUT2D eigenvalue weighted by Crippen LogP contribution is -2.27. The van der Waals surface area contributed by atoms with E-state index < -0.39 is 27.9 Å². The fourth-order valence-corrected chi connectivity index (χ4v) is 2.40. The first kappa shape index (κ1) is 17.9. The number of halogens is 1. The molecule has 1 aromatic heterocycles. The molecule has 0 atom stereocenters. The number of carbonyl (C=O) groups excluding carboxylic acids is 1. The second-order valence-corrected chi connectivity index (χ2v) is 5.58. The van der Waals surface area contributed by atoms with Crippen molar-refractivity contribution in [3.05, 3.63) is 87.2 Å². The van der Waals surface area contributed by atoms with Crippen molar-refractivity contribution in [2.75, 3.05) is 5.32 Å². The third-order valence-corrected chi connectivity index (χ3v) is 3.69. The number of nitrogens with one attached hydrogen (secondary N) is 1. The molecule has 0 aliphatic carbocycles. The number of anilines is 1. The number of rotatable bonds is 5. The summed E-state index contributed by atoms with van der Waals surface area (Å²) in [5.41, 5.74) is 0.120. The summed E-state index contributed by atoms with van der Waals surface area (Å²) in [6.07, 6.45) is 1.25. The van der Waals surface area contributed by atoms with Crippen molar-refractivity contribution in [2.45, 2.75) is 6.54 Å². The van der Waals surface area contributed by atoms with E-state index in [9.17, 15) is 24.1 Å². The quantitative estimate of drug-likeness (QED) is 0.550. The van der Waals surface area contributed by atoms with E-state index >= 15 is 0 Å². The Kier molecular flexibility index (Phi) is 5.02. The summed E-state index contributed by atoms with van der Waals surface area (Å²) in [7, 11) is 0. The Morgan fingerprint density at radius 2 is 1.93 bits per heavy atom. The summed E-state index contributed by atoms with van der Waals surface area (Å²) in [5, 5.41) is 13.1. The topological polar surface area (TPSA) is 107 Å². The van der Waals surface area contributed by atoms with Crippen molar-refractivity contribution >= 4 is 17.3 Å². The average molecular weight is 368 g/mol. The van der Waals surface area contributed by atoms with Crippen LogP contribution in [0.4, 0.5) is 15.8 Å². The fraction of sp³-hybridized carbons (Fsp3) is 0.0556. The van der Waals surface area contributed by atoms with Crippen molar-refractivity contribution in [1.82, 2.24) is 9.55 Å². The van der Waals surface area contributed by atoms with E-state index in [1.807, 2.05) is 18.2 Å². The molecular weight excluding hydrogens is 355 g/mol. The number of nitro benzene ring substituents is 1. The van der Waals surface area contributed by atoms with Crippen molar-refractivity contribution in [1.29, 1.82) is 0 Å². The van der Waals surface area contributed by atoms with Crippen LogP contribution in [0.15, 0.2) is 65.7 Å². The minimum atomic E-state index is -1.00. The van der Waals surface area contributed by atoms with E-state index in [1.54, 1.807) is 12.1 Å². The number of carbonyl (C=O) groups is 1. The van der Waals surface area contributed by atoms with Crippen molar-refractivity contribution in [2.24, 2.45) is 0 Å². The van der Waals surface area contributed by atoms with Gasteiger partial charge in [0, 0.05) is 23.4 Å². The highest BCUT2D eigenvalue weighted by molar-refractivity contribution is 5.90. The van der Waals surface area contributed by atoms with Crippen LogP contribution in [-0.4, -0.2) is 20.4 Å². The highest BCUT2D eigenvalue weighted by Gasteiger charge is 2.15. The third kappa shape index (κ3) is 4.21. The highest BCUT2D eigenvalue weighted by atomic mass is 19.1. The van der Waals surface area contributed by atoms with Crippen LogP contribution in [0.25, 0.3) is 11.3 Å². The number of benzene rings is 2. The first-order valence-corrected chi connectivity index (χ1v) is 7.80. The lowest BCUT2D eigenvalue weighted by atomic mass is 10.1. The molecule has 9 heteroatoms. The summed E-state index contributed by atoms with van der Waals surface area (Å²) in [4.78, 5) is 38.3. The predicted octanol–water partition coefficient (Wildman–Crippen LogP) is 2.60. The Hall–Kier alpha value is -3.88. The molecule has 27 heavy (non-hydrogen) atoms. The standard InChI is InChI=1S/C18H13FN4O4/c19-14-7-6-13(8-16(14)23(26)27)21-17(24)10-22-11-20-15(9-18(22)25)12-4-2-1-3-5-12/h1-9,11H,10H2,(H,21,24). The molecule has 0 radical (unpaired) electrons. The van der Waals surface area contributed by atoms with Gasteiger partial charge in [-0.05, 0) is 12.1 Å². The first-order chi connectivity index (χ1) is 12.9. The number of hydrogen-bond donors (Lipinski definition) is 1. The van der Waals surface area contributed by atoms with E-state index in [2.05, 4.69) is 10.3 Å². The SMILES string of the molecule is O=C(Cn1cnc(-c2ccccc2)cc1=O)Nc1ccc(F)c([N+](=O)[O-])c1. The molecular formula is C18H13FN4O4. The van der Waals surface area contributed by atoms with E-state index in [0.29, 0.717) is 5.69 Å². The van der Waals surface area contributed by atoms with Gasteiger partial charge in [-0.1, -0.05) is 30.3 Å². The molecule has 1 N–H and O–H groups in total. The number of amides is 1. The van der Waals surface area contributed by atoms with Crippen LogP contribution in [0.2, 0.25) is 0 Å². The van der Waals surface area contributed by atoms with Crippen molar-refractivity contribution < 1.29 is 14.1 Å². The van der Waals surface area contributed by atoms with Crippen LogP contribution < -0.4 is 10.9 Å². The molecule has 3 rings (SSSR count). The van der Waals surface area contributed by atoms with Crippen LogP contribution >= 0.6 is 0 Å². The van der Waals surface area contributed by atoms with Gasteiger partial charge < -0.3 is 5.32 Å². The Morgan fingerprint density at radius 1 is 1.19 bits per heavy atom. The predicted molar refractivity (Wildman–Crippen MR) is 95.6 cm³/mol. The summed E-state index contributed by atoms with van der Waals surface area (Å²) in [6.45, 7) is -0.341. The normalized spacial score (nSPS) is 10.4. The fourth-order valence-electron chi connectivity index (χ4n) is 2.40. The molecule has 0 saturated carbocycles. The van der Waals surface area contributed by atoms with Crippen molar-refractivity contribution in [3.63, 3.8) is 0 Å². The Bertz CT molecular complexity index is 1070. The molecule has 0 bridgehead atoms. The molecule has 3 aromatic rings. The molecule has 0 fully saturated rings. The number of hydrogen-bond acceptors (Lipinski definition) is 5. The van der Waals surface area contributed by atoms with Gasteiger partial charge in [-0.3, -0.25) is 24.3 Å². The van der Waals surface area contributed by atoms with Gasteiger partial charge in [-0.15, -0.1) is 0 Å². The van der Waals surface area contributed by atoms with Crippen molar-refractivity contribution in [3.8, 4) is 11.3 Å². The van der Waals surface area contributed by atoms with Crippen LogP contribution in [0.1, 0.15) is 0 Å². The molecule has 0 aliphatic heterocycles. The van der Waals surface area contributed by atoms with Gasteiger partial charge in [0.15, 0.2) is 0 Å². The molecule has 0 saturated heterocycles. The maximum absolute atomic E-state index is 13.3. The lowest BCUT2D eigenvalue weighted by molar-refractivity contribution is -0.387. The molecule has 0 aliphatic rings. The maximum atomic E-state index is 13.3. The summed E-state index contributed by atoms with van der Waals surface area (Å²) in [5.74, 6) is -1.61. The van der Waals surface area contributed by atoms with E-state index in [-0.39, 0.29) is 12.2 Å². The number of nitro groups is 1. The zero-order valence-corrected chi connectivity index (χ0v) is 13.8. The largest absolute Gasteiger partial charge is 0.324 e. The Labute approximate surface area is 152 Å². The minimum Gasteiger partial charge on any atom is -0.324 e. The second-order valence-electron chi connectivity index (χ2n) is 5.58. The van der Waals surface area contributed by atoms with Gasteiger partial charge in [0.1, 0.15) is 6.54 Å². The van der Waals surface area contributed by atoms with E-state index in [4.69, 9.17) is 0 Å². The summed E-state index contributed by atoms with van der Waals surface area (Å²) >= 11 is 0. The Morgan fingerprint density at radius 3 is 2.59 bits per heavy atom. The lowest BCUT2D eigenvalue weighted by Gasteiger charge is -2.08. The molecule has 1 heterocycles. The van der Waals surface area contributed by atoms with Crippen LogP contribution in [-0.2, 0) is 11.3 Å². The smallest absolute Gasteiger partial charge is 0.306 e. The van der Waals surface area contributed by atoms with E-state index in [1.165, 1.54) is 18.5 Å². The zero-order chi connectivity index (χ0) is 19.4. The highest BCUT2D eigenvalue weighted by Crippen LogP contribution is 2.21. The van der Waals surface area contributed by atoms with Gasteiger partial charge in [-0.25, -0.2) is 4.98 Å². The summed E-state index contributed by atoms with van der Waals surface area (Å²) in [6, 6.07) is 13.4. The molecule has 2 aromatic carbocycles. The van der Waals surface area contributed by atoms with Gasteiger partial charge in [-0.2, -0.15) is 4.39 Å². The average Bonchev–Trinajstić information content (AvgIpc) is 2.65. The second kappa shape index (κ2) is 7.56. The van der Waals surface area contributed by atoms with Crippen LogP contribution in [0.3, 0.4) is 0 Å².